The van der Waals surface area contributed by atoms with E-state index in [0.717, 1.165) is 32.4 Å². The number of imide groups is 1. The molecule has 0 spiro atoms. The minimum absolute atomic E-state index is 0.0166. The fraction of sp³-hybridized carbons (Fsp3) is 0.833. The first kappa shape index (κ1) is 12.5. The number of hydrogen-bond acceptors (Lipinski definition) is 4. The Hall–Kier alpha value is -0.940. The standard InChI is InChI=1S/C12H21N3O2/c1-13-6-3-7-14(2)10-8-11(16)15(12(10)17)9-4-5-9/h9-10,13H,3-8H2,1-2H3. The van der Waals surface area contributed by atoms with Crippen molar-refractivity contribution in [1.82, 2.24) is 15.1 Å². The molecule has 0 radical (unpaired) electrons. The van der Waals surface area contributed by atoms with E-state index < -0.39 is 0 Å². The highest BCUT2D eigenvalue weighted by Crippen LogP contribution is 2.32. The molecule has 1 aliphatic carbocycles. The third-order valence-electron chi connectivity index (χ3n) is 3.54. The molecule has 0 aromatic heterocycles. The van der Waals surface area contributed by atoms with Gasteiger partial charge in [-0.1, -0.05) is 0 Å². The van der Waals surface area contributed by atoms with Crippen LogP contribution in [0.4, 0.5) is 0 Å². The number of carbonyl (C=O) groups excluding carboxylic acids is 2. The quantitative estimate of drug-likeness (QED) is 0.516. The minimum Gasteiger partial charge on any atom is -0.320 e. The second-order valence-corrected chi connectivity index (χ2v) is 4.99. The average molecular weight is 239 g/mol. The maximum absolute atomic E-state index is 12.1. The molecule has 1 atom stereocenters. The van der Waals surface area contributed by atoms with Gasteiger partial charge < -0.3 is 5.32 Å². The van der Waals surface area contributed by atoms with Crippen LogP contribution in [-0.4, -0.2) is 60.9 Å². The third kappa shape index (κ3) is 2.66. The number of likely N-dealkylation sites (N-methyl/N-ethyl adjacent to an activating group) is 1. The summed E-state index contributed by atoms with van der Waals surface area (Å²) in [5.74, 6) is 0.0347. The van der Waals surface area contributed by atoms with E-state index >= 15 is 0 Å². The van der Waals surface area contributed by atoms with E-state index in [9.17, 15) is 9.59 Å². The van der Waals surface area contributed by atoms with Gasteiger partial charge in [0.05, 0.1) is 12.5 Å². The Labute approximate surface area is 102 Å². The van der Waals surface area contributed by atoms with Crippen molar-refractivity contribution in [3.63, 3.8) is 0 Å². The highest BCUT2D eigenvalue weighted by Gasteiger charge is 2.47. The van der Waals surface area contributed by atoms with Crippen molar-refractivity contribution in [2.45, 2.75) is 37.8 Å². The number of likely N-dealkylation sites (tertiary alicyclic amines) is 1. The summed E-state index contributed by atoms with van der Waals surface area (Å²) in [5, 5.41) is 3.08. The van der Waals surface area contributed by atoms with Gasteiger partial charge in [-0.3, -0.25) is 19.4 Å². The Kier molecular flexibility index (Phi) is 3.79. The van der Waals surface area contributed by atoms with E-state index in [1.54, 1.807) is 0 Å². The Balaban J connectivity index is 1.88. The molecule has 1 saturated carbocycles. The van der Waals surface area contributed by atoms with E-state index in [1.807, 2.05) is 19.0 Å². The molecule has 2 fully saturated rings. The highest BCUT2D eigenvalue weighted by atomic mass is 16.2. The third-order valence-corrected chi connectivity index (χ3v) is 3.54. The van der Waals surface area contributed by atoms with Gasteiger partial charge >= 0.3 is 0 Å². The lowest BCUT2D eigenvalue weighted by atomic mass is 10.2. The molecule has 2 rings (SSSR count). The molecule has 5 nitrogen and oxygen atoms in total. The van der Waals surface area contributed by atoms with Crippen LogP contribution in [0.5, 0.6) is 0 Å². The number of nitrogens with one attached hydrogen (secondary N) is 1. The molecule has 17 heavy (non-hydrogen) atoms. The van der Waals surface area contributed by atoms with E-state index in [4.69, 9.17) is 0 Å². The number of amides is 2. The lowest BCUT2D eigenvalue weighted by Crippen LogP contribution is -2.41. The van der Waals surface area contributed by atoms with Gasteiger partial charge in [0.25, 0.3) is 0 Å². The number of carbonyl (C=O) groups is 2. The monoisotopic (exact) mass is 239 g/mol. The van der Waals surface area contributed by atoms with Crippen LogP contribution < -0.4 is 5.32 Å². The van der Waals surface area contributed by atoms with Crippen molar-refractivity contribution in [2.75, 3.05) is 27.2 Å². The van der Waals surface area contributed by atoms with Gasteiger partial charge in [-0.2, -0.15) is 0 Å². The molecular weight excluding hydrogens is 218 g/mol. The second kappa shape index (κ2) is 5.14. The Bertz CT molecular complexity index is 315. The van der Waals surface area contributed by atoms with Gasteiger partial charge in [0.1, 0.15) is 0 Å². The fourth-order valence-corrected chi connectivity index (χ4v) is 2.36. The van der Waals surface area contributed by atoms with Crippen LogP contribution in [0, 0.1) is 0 Å². The van der Waals surface area contributed by atoms with Crippen molar-refractivity contribution < 1.29 is 9.59 Å². The van der Waals surface area contributed by atoms with Crippen molar-refractivity contribution in [1.29, 1.82) is 0 Å². The smallest absolute Gasteiger partial charge is 0.247 e. The summed E-state index contributed by atoms with van der Waals surface area (Å²) in [5.41, 5.74) is 0. The first-order valence-electron chi connectivity index (χ1n) is 6.36. The van der Waals surface area contributed by atoms with Crippen molar-refractivity contribution in [3.05, 3.63) is 0 Å². The molecule has 0 bridgehead atoms. The van der Waals surface area contributed by atoms with Crippen LogP contribution in [0.2, 0.25) is 0 Å². The summed E-state index contributed by atoms with van der Waals surface area (Å²) in [7, 11) is 3.85. The molecule has 0 aromatic rings. The molecule has 96 valence electrons. The lowest BCUT2D eigenvalue weighted by Gasteiger charge is -2.22. The van der Waals surface area contributed by atoms with E-state index in [-0.39, 0.29) is 23.9 Å². The van der Waals surface area contributed by atoms with Crippen LogP contribution in [0.25, 0.3) is 0 Å². The maximum Gasteiger partial charge on any atom is 0.247 e. The molecule has 1 aliphatic heterocycles. The van der Waals surface area contributed by atoms with Crippen LogP contribution >= 0.6 is 0 Å². The molecule has 5 heteroatoms. The maximum atomic E-state index is 12.1. The molecular formula is C12H21N3O2. The zero-order valence-electron chi connectivity index (χ0n) is 10.6. The summed E-state index contributed by atoms with van der Waals surface area (Å²) in [6.45, 7) is 1.79. The van der Waals surface area contributed by atoms with Gasteiger partial charge in [-0.25, -0.2) is 0 Å². The summed E-state index contributed by atoms with van der Waals surface area (Å²) >= 11 is 0. The molecule has 0 aromatic carbocycles. The van der Waals surface area contributed by atoms with Crippen LogP contribution in [-0.2, 0) is 9.59 Å². The number of hydrogen-bond donors (Lipinski definition) is 1. The predicted octanol–water partition coefficient (Wildman–Crippen LogP) is -0.182. The van der Waals surface area contributed by atoms with Crippen molar-refractivity contribution in [3.8, 4) is 0 Å². The summed E-state index contributed by atoms with van der Waals surface area (Å²) in [6, 6.07) is -0.00864. The second-order valence-electron chi connectivity index (χ2n) is 4.99. The van der Waals surface area contributed by atoms with Crippen molar-refractivity contribution >= 4 is 11.8 Å². The lowest BCUT2D eigenvalue weighted by molar-refractivity contribution is -0.140. The molecule has 1 saturated heterocycles. The summed E-state index contributed by atoms with van der Waals surface area (Å²) in [6.07, 6.45) is 3.35. The fourth-order valence-electron chi connectivity index (χ4n) is 2.36. The van der Waals surface area contributed by atoms with Crippen LogP contribution in [0.3, 0.4) is 0 Å². The SMILES string of the molecule is CNCCCN(C)C1CC(=O)N(C2CC2)C1=O. The van der Waals surface area contributed by atoms with Crippen molar-refractivity contribution in [2.24, 2.45) is 0 Å². The Morgan fingerprint density at radius 3 is 2.71 bits per heavy atom. The molecule has 2 aliphatic rings. The average Bonchev–Trinajstić information content (AvgIpc) is 3.06. The molecule has 1 N–H and O–H groups in total. The van der Waals surface area contributed by atoms with E-state index in [1.165, 1.54) is 4.90 Å². The predicted molar refractivity (Wildman–Crippen MR) is 64.5 cm³/mol. The minimum atomic E-state index is -0.222. The van der Waals surface area contributed by atoms with Gasteiger partial charge in [-0.15, -0.1) is 0 Å². The normalized spacial score (nSPS) is 25.1. The zero-order valence-corrected chi connectivity index (χ0v) is 10.6. The topological polar surface area (TPSA) is 52.7 Å². The summed E-state index contributed by atoms with van der Waals surface area (Å²) < 4.78 is 0. The highest BCUT2D eigenvalue weighted by molar-refractivity contribution is 6.06. The first-order valence-corrected chi connectivity index (χ1v) is 6.36. The van der Waals surface area contributed by atoms with Crippen LogP contribution in [0.1, 0.15) is 25.7 Å². The molecule has 2 amide bonds. The number of rotatable bonds is 6. The van der Waals surface area contributed by atoms with Crippen LogP contribution in [0.15, 0.2) is 0 Å². The molecule has 1 heterocycles. The molecule has 1 unspecified atom stereocenters. The first-order chi connectivity index (χ1) is 8.15. The van der Waals surface area contributed by atoms with Gasteiger partial charge in [0.2, 0.25) is 11.8 Å². The Morgan fingerprint density at radius 1 is 1.41 bits per heavy atom. The largest absolute Gasteiger partial charge is 0.320 e. The Morgan fingerprint density at radius 2 is 2.12 bits per heavy atom. The number of nitrogens with zero attached hydrogens (tertiary/aromatic N) is 2. The van der Waals surface area contributed by atoms with E-state index in [2.05, 4.69) is 5.32 Å². The van der Waals surface area contributed by atoms with Gasteiger partial charge in [0.15, 0.2) is 0 Å². The van der Waals surface area contributed by atoms with Gasteiger partial charge in [-0.05, 0) is 46.4 Å². The van der Waals surface area contributed by atoms with Gasteiger partial charge in [0, 0.05) is 6.04 Å². The zero-order chi connectivity index (χ0) is 12.4. The van der Waals surface area contributed by atoms with E-state index in [0.29, 0.717) is 6.42 Å². The summed E-state index contributed by atoms with van der Waals surface area (Å²) in [4.78, 5) is 27.4.